The first-order valence-electron chi connectivity index (χ1n) is 7.50. The Morgan fingerprint density at radius 2 is 1.83 bits per heavy atom. The van der Waals surface area contributed by atoms with E-state index in [0.717, 1.165) is 17.7 Å². The third kappa shape index (κ3) is 3.11. The van der Waals surface area contributed by atoms with E-state index in [0.29, 0.717) is 11.3 Å². The molecule has 4 nitrogen and oxygen atoms in total. The molecule has 0 aliphatic carbocycles. The lowest BCUT2D eigenvalue weighted by atomic mass is 10.1. The zero-order valence-corrected chi connectivity index (χ0v) is 12.9. The number of rotatable bonds is 4. The summed E-state index contributed by atoms with van der Waals surface area (Å²) in [5, 5.41) is 0. The number of nitrogens with two attached hydrogens (primary N) is 1. The molecular formula is C19H17N3O. The molecule has 3 rings (SSSR count). The van der Waals surface area contributed by atoms with Gasteiger partial charge in [0.25, 0.3) is 0 Å². The summed E-state index contributed by atoms with van der Waals surface area (Å²) in [4.78, 5) is 21.0. The largest absolute Gasteiger partial charge is 0.383 e. The van der Waals surface area contributed by atoms with Crippen molar-refractivity contribution in [3.8, 4) is 11.3 Å². The van der Waals surface area contributed by atoms with Crippen LogP contribution in [0.2, 0.25) is 0 Å². The molecule has 114 valence electrons. The van der Waals surface area contributed by atoms with E-state index in [2.05, 4.69) is 29.0 Å². The quantitative estimate of drug-likeness (QED) is 0.749. The Morgan fingerprint density at radius 1 is 1.04 bits per heavy atom. The monoisotopic (exact) mass is 303 g/mol. The van der Waals surface area contributed by atoms with Gasteiger partial charge >= 0.3 is 0 Å². The molecule has 23 heavy (non-hydrogen) atoms. The fraction of sp³-hybridized carbons (Fsp3) is 0.105. The Hall–Kier alpha value is -3.01. The summed E-state index contributed by atoms with van der Waals surface area (Å²) < 4.78 is 0. The van der Waals surface area contributed by atoms with E-state index in [4.69, 9.17) is 5.73 Å². The third-order valence-electron chi connectivity index (χ3n) is 3.72. The summed E-state index contributed by atoms with van der Waals surface area (Å²) in [5.41, 5.74) is 9.53. The minimum Gasteiger partial charge on any atom is -0.383 e. The van der Waals surface area contributed by atoms with Gasteiger partial charge in [0.15, 0.2) is 0 Å². The summed E-state index contributed by atoms with van der Waals surface area (Å²) in [5.74, 6) is -0.000342. The molecular weight excluding hydrogens is 286 g/mol. The number of aryl methyl sites for hydroxylation is 1. The van der Waals surface area contributed by atoms with E-state index in [9.17, 15) is 4.79 Å². The second-order valence-electron chi connectivity index (χ2n) is 5.22. The number of anilines is 1. The average Bonchev–Trinajstić information content (AvgIpc) is 2.62. The Labute approximate surface area is 135 Å². The van der Waals surface area contributed by atoms with Crippen LogP contribution in [0, 0.1) is 0 Å². The third-order valence-corrected chi connectivity index (χ3v) is 3.72. The molecule has 0 radical (unpaired) electrons. The molecule has 3 aromatic rings. The van der Waals surface area contributed by atoms with E-state index in [1.807, 2.05) is 24.3 Å². The zero-order valence-electron chi connectivity index (χ0n) is 12.9. The molecule has 0 spiro atoms. The number of nitrogens with zero attached hydrogens (tertiary/aromatic N) is 2. The average molecular weight is 303 g/mol. The number of hydrogen-bond donors (Lipinski definition) is 1. The first-order chi connectivity index (χ1) is 11.2. The number of hydrogen-bond acceptors (Lipinski definition) is 4. The smallest absolute Gasteiger partial charge is 0.215 e. The Kier molecular flexibility index (Phi) is 4.15. The molecule has 0 saturated heterocycles. The zero-order chi connectivity index (χ0) is 16.2. The predicted molar refractivity (Wildman–Crippen MR) is 91.1 cm³/mol. The van der Waals surface area contributed by atoms with Crippen molar-refractivity contribution in [1.82, 2.24) is 9.97 Å². The fourth-order valence-electron chi connectivity index (χ4n) is 2.38. The van der Waals surface area contributed by atoms with Crippen molar-refractivity contribution in [3.05, 3.63) is 77.6 Å². The molecule has 2 heterocycles. The lowest BCUT2D eigenvalue weighted by Gasteiger charge is -2.06. The highest BCUT2D eigenvalue weighted by molar-refractivity contribution is 6.10. The van der Waals surface area contributed by atoms with Gasteiger partial charge in [0.05, 0.1) is 11.3 Å². The second kappa shape index (κ2) is 6.40. The first kappa shape index (κ1) is 14.9. The van der Waals surface area contributed by atoms with Gasteiger partial charge in [-0.1, -0.05) is 37.3 Å². The number of pyridine rings is 2. The molecule has 0 atom stereocenters. The summed E-state index contributed by atoms with van der Waals surface area (Å²) >= 11 is 0. The van der Waals surface area contributed by atoms with Crippen LogP contribution in [0.4, 0.5) is 5.82 Å². The van der Waals surface area contributed by atoms with Gasteiger partial charge < -0.3 is 5.73 Å². The standard InChI is InChI=1S/C19H17N3O/c1-2-13-8-10-14(11-9-13)16-6-3-7-17(22-16)18(23)15-5-4-12-21-19(15)20/h3-12H,2H2,1H3,(H2,20,21). The molecule has 0 aliphatic heterocycles. The van der Waals surface area contributed by atoms with Crippen LogP contribution in [0.5, 0.6) is 0 Å². The molecule has 2 aromatic heterocycles. The SMILES string of the molecule is CCc1ccc(-c2cccc(C(=O)c3cccnc3N)n2)cc1. The van der Waals surface area contributed by atoms with E-state index in [1.54, 1.807) is 24.4 Å². The van der Waals surface area contributed by atoms with Gasteiger partial charge in [-0.2, -0.15) is 0 Å². The summed E-state index contributed by atoms with van der Waals surface area (Å²) in [6, 6.07) is 17.0. The van der Waals surface area contributed by atoms with Crippen molar-refractivity contribution in [2.24, 2.45) is 0 Å². The molecule has 0 bridgehead atoms. The van der Waals surface area contributed by atoms with E-state index < -0.39 is 0 Å². The van der Waals surface area contributed by atoms with Crippen LogP contribution in [0.1, 0.15) is 28.5 Å². The van der Waals surface area contributed by atoms with Crippen molar-refractivity contribution < 1.29 is 4.79 Å². The van der Waals surface area contributed by atoms with Crippen molar-refractivity contribution in [3.63, 3.8) is 0 Å². The summed E-state index contributed by atoms with van der Waals surface area (Å²) in [7, 11) is 0. The minimum atomic E-state index is -0.220. The number of carbonyl (C=O) groups is 1. The van der Waals surface area contributed by atoms with Crippen LogP contribution >= 0.6 is 0 Å². The van der Waals surface area contributed by atoms with Gasteiger partial charge in [-0.3, -0.25) is 4.79 Å². The maximum absolute atomic E-state index is 12.6. The highest BCUT2D eigenvalue weighted by Gasteiger charge is 2.14. The highest BCUT2D eigenvalue weighted by atomic mass is 16.1. The number of aromatic nitrogens is 2. The maximum atomic E-state index is 12.6. The summed E-state index contributed by atoms with van der Waals surface area (Å²) in [6.45, 7) is 2.12. The van der Waals surface area contributed by atoms with Gasteiger partial charge in [0.2, 0.25) is 5.78 Å². The van der Waals surface area contributed by atoms with Crippen molar-refractivity contribution in [2.75, 3.05) is 5.73 Å². The lowest BCUT2D eigenvalue weighted by molar-refractivity contribution is 0.103. The van der Waals surface area contributed by atoms with Crippen molar-refractivity contribution >= 4 is 11.6 Å². The number of ketones is 1. The number of carbonyl (C=O) groups excluding carboxylic acids is 1. The van der Waals surface area contributed by atoms with Gasteiger partial charge in [0.1, 0.15) is 11.5 Å². The van der Waals surface area contributed by atoms with E-state index >= 15 is 0 Å². The van der Waals surface area contributed by atoms with Crippen LogP contribution < -0.4 is 5.73 Å². The predicted octanol–water partition coefficient (Wildman–Crippen LogP) is 3.52. The number of nitrogen functional groups attached to an aromatic ring is 1. The van der Waals surface area contributed by atoms with Crippen LogP contribution in [-0.4, -0.2) is 15.8 Å². The van der Waals surface area contributed by atoms with Crippen molar-refractivity contribution in [1.29, 1.82) is 0 Å². The van der Waals surface area contributed by atoms with E-state index in [1.165, 1.54) is 5.56 Å². The topological polar surface area (TPSA) is 68.9 Å². The highest BCUT2D eigenvalue weighted by Crippen LogP contribution is 2.20. The van der Waals surface area contributed by atoms with Crippen LogP contribution in [0.3, 0.4) is 0 Å². The minimum absolute atomic E-state index is 0.219. The van der Waals surface area contributed by atoms with Crippen LogP contribution in [0.25, 0.3) is 11.3 Å². The molecule has 0 aliphatic rings. The lowest BCUT2D eigenvalue weighted by Crippen LogP contribution is -2.08. The molecule has 0 amide bonds. The Balaban J connectivity index is 1.96. The molecule has 2 N–H and O–H groups in total. The van der Waals surface area contributed by atoms with Gasteiger partial charge in [-0.25, -0.2) is 9.97 Å². The summed E-state index contributed by atoms with van der Waals surface area (Å²) in [6.07, 6.45) is 2.55. The van der Waals surface area contributed by atoms with Gasteiger partial charge in [-0.05, 0) is 36.2 Å². The number of benzene rings is 1. The molecule has 0 saturated carbocycles. The Bertz CT molecular complexity index is 841. The van der Waals surface area contributed by atoms with E-state index in [-0.39, 0.29) is 11.6 Å². The Morgan fingerprint density at radius 3 is 2.52 bits per heavy atom. The van der Waals surface area contributed by atoms with Crippen LogP contribution in [-0.2, 0) is 6.42 Å². The van der Waals surface area contributed by atoms with Gasteiger partial charge in [0, 0.05) is 11.8 Å². The fourth-order valence-corrected chi connectivity index (χ4v) is 2.38. The molecule has 0 unspecified atom stereocenters. The normalized spacial score (nSPS) is 10.5. The second-order valence-corrected chi connectivity index (χ2v) is 5.22. The van der Waals surface area contributed by atoms with Gasteiger partial charge in [-0.15, -0.1) is 0 Å². The van der Waals surface area contributed by atoms with Crippen LogP contribution in [0.15, 0.2) is 60.8 Å². The molecule has 0 fully saturated rings. The molecule has 1 aromatic carbocycles. The molecule has 4 heteroatoms. The first-order valence-corrected chi connectivity index (χ1v) is 7.50. The maximum Gasteiger partial charge on any atom is 0.215 e. The van der Waals surface area contributed by atoms with Crippen molar-refractivity contribution in [2.45, 2.75) is 13.3 Å².